The highest BCUT2D eigenvalue weighted by molar-refractivity contribution is 7.09. The minimum absolute atomic E-state index is 0.598. The number of rotatable bonds is 2. The number of aromatic nitrogens is 1. The van der Waals surface area contributed by atoms with Gasteiger partial charge in [-0.2, -0.15) is 0 Å². The van der Waals surface area contributed by atoms with Crippen molar-refractivity contribution in [1.29, 1.82) is 0 Å². The van der Waals surface area contributed by atoms with Crippen LogP contribution in [0.3, 0.4) is 0 Å². The lowest BCUT2D eigenvalue weighted by molar-refractivity contribution is 0.228. The van der Waals surface area contributed by atoms with Crippen LogP contribution in [0.1, 0.15) is 16.8 Å². The van der Waals surface area contributed by atoms with Gasteiger partial charge in [0.05, 0.1) is 0 Å². The molecular weight excluding hydrogens is 146 g/mol. The average Bonchev–Trinajstić information content (AvgIpc) is 2.34. The van der Waals surface area contributed by atoms with Crippen LogP contribution in [-0.2, 0) is 0 Å². The van der Waals surface area contributed by atoms with Crippen LogP contribution in [0.15, 0.2) is 18.0 Å². The molecule has 0 radical (unpaired) electrons. The Kier molecular flexibility index (Phi) is 2.19. The number of aliphatic hydroxyl groups is 1. The Hall–Kier alpha value is -0.670. The molecule has 0 aromatic carbocycles. The van der Waals surface area contributed by atoms with Gasteiger partial charge in [0.15, 0.2) is 0 Å². The van der Waals surface area contributed by atoms with Crippen molar-refractivity contribution < 1.29 is 5.11 Å². The topological polar surface area (TPSA) is 33.1 Å². The minimum Gasteiger partial charge on any atom is -0.382 e. The van der Waals surface area contributed by atoms with E-state index in [4.69, 9.17) is 0 Å². The van der Waals surface area contributed by atoms with E-state index in [1.54, 1.807) is 0 Å². The van der Waals surface area contributed by atoms with Gasteiger partial charge in [0.25, 0.3) is 0 Å². The van der Waals surface area contributed by atoms with Crippen molar-refractivity contribution in [2.45, 2.75) is 13.0 Å². The highest BCUT2D eigenvalue weighted by Crippen LogP contribution is 2.17. The molecule has 0 fully saturated rings. The lowest BCUT2D eigenvalue weighted by Gasteiger charge is -1.96. The summed E-state index contributed by atoms with van der Waals surface area (Å²) < 4.78 is 0. The molecule has 0 aliphatic rings. The third-order valence-electron chi connectivity index (χ3n) is 1.11. The zero-order valence-corrected chi connectivity index (χ0v) is 6.56. The van der Waals surface area contributed by atoms with Crippen molar-refractivity contribution in [2.24, 2.45) is 0 Å². The second kappa shape index (κ2) is 2.94. The molecule has 1 atom stereocenters. The summed E-state index contributed by atoms with van der Waals surface area (Å²) in [5.41, 5.74) is 0.945. The van der Waals surface area contributed by atoms with E-state index in [9.17, 15) is 5.11 Å². The predicted molar refractivity (Wildman–Crippen MR) is 42.0 cm³/mol. The first kappa shape index (κ1) is 7.44. The lowest BCUT2D eigenvalue weighted by Crippen LogP contribution is -1.90. The molecule has 2 nitrogen and oxygen atoms in total. The van der Waals surface area contributed by atoms with Crippen molar-refractivity contribution in [3.05, 3.63) is 28.7 Å². The molecule has 0 amide bonds. The van der Waals surface area contributed by atoms with Crippen molar-refractivity contribution >= 4 is 11.3 Å². The van der Waals surface area contributed by atoms with Crippen LogP contribution in [0.4, 0.5) is 0 Å². The first-order chi connectivity index (χ1) is 4.74. The van der Waals surface area contributed by atoms with Crippen LogP contribution in [0.25, 0.3) is 0 Å². The van der Waals surface area contributed by atoms with Gasteiger partial charge in [-0.05, 0) is 6.92 Å². The maximum absolute atomic E-state index is 9.17. The molecule has 1 rings (SSSR count). The zero-order valence-electron chi connectivity index (χ0n) is 5.74. The summed E-state index contributed by atoms with van der Waals surface area (Å²) in [6.45, 7) is 5.36. The van der Waals surface area contributed by atoms with E-state index in [0.29, 0.717) is 5.01 Å². The number of aryl methyl sites for hydroxylation is 1. The number of hydrogen-bond donors (Lipinski definition) is 1. The first-order valence-corrected chi connectivity index (χ1v) is 3.84. The second-order valence-electron chi connectivity index (χ2n) is 2.01. The lowest BCUT2D eigenvalue weighted by atomic mass is 10.4. The van der Waals surface area contributed by atoms with Gasteiger partial charge >= 0.3 is 0 Å². The third-order valence-corrected chi connectivity index (χ3v) is 2.15. The normalized spacial score (nSPS) is 13.0. The fourth-order valence-corrected chi connectivity index (χ4v) is 1.39. The molecule has 0 spiro atoms. The van der Waals surface area contributed by atoms with Crippen molar-refractivity contribution in [2.75, 3.05) is 0 Å². The molecule has 0 saturated carbocycles. The van der Waals surface area contributed by atoms with E-state index in [0.717, 1.165) is 5.69 Å². The summed E-state index contributed by atoms with van der Waals surface area (Å²) in [7, 11) is 0. The van der Waals surface area contributed by atoms with Gasteiger partial charge in [0.1, 0.15) is 11.1 Å². The molecule has 1 N–H and O–H groups in total. The Bertz CT molecular complexity index is 231. The Labute approximate surface area is 63.9 Å². The molecule has 10 heavy (non-hydrogen) atoms. The molecule has 0 saturated heterocycles. The van der Waals surface area contributed by atoms with Crippen molar-refractivity contribution in [3.8, 4) is 0 Å². The van der Waals surface area contributed by atoms with Crippen LogP contribution in [-0.4, -0.2) is 10.1 Å². The molecule has 0 aliphatic heterocycles. The SMILES string of the molecule is C=CC(O)c1nc(C)cs1. The van der Waals surface area contributed by atoms with Crippen LogP contribution in [0.2, 0.25) is 0 Å². The van der Waals surface area contributed by atoms with E-state index in [1.165, 1.54) is 17.4 Å². The van der Waals surface area contributed by atoms with E-state index in [2.05, 4.69) is 11.6 Å². The van der Waals surface area contributed by atoms with Crippen molar-refractivity contribution in [3.63, 3.8) is 0 Å². The summed E-state index contributed by atoms with van der Waals surface area (Å²) in [5.74, 6) is 0. The number of aliphatic hydroxyl groups excluding tert-OH is 1. The van der Waals surface area contributed by atoms with E-state index in [-0.39, 0.29) is 0 Å². The average molecular weight is 155 g/mol. The highest BCUT2D eigenvalue weighted by Gasteiger charge is 2.05. The molecule has 1 aromatic heterocycles. The number of hydrogen-bond acceptors (Lipinski definition) is 3. The van der Waals surface area contributed by atoms with E-state index >= 15 is 0 Å². The summed E-state index contributed by atoms with van der Waals surface area (Å²) >= 11 is 1.45. The Morgan fingerprint density at radius 3 is 3.00 bits per heavy atom. The molecule has 54 valence electrons. The van der Waals surface area contributed by atoms with Crippen LogP contribution in [0, 0.1) is 6.92 Å². The highest BCUT2D eigenvalue weighted by atomic mass is 32.1. The summed E-state index contributed by atoms with van der Waals surface area (Å²) in [6.07, 6.45) is 0.872. The largest absolute Gasteiger partial charge is 0.382 e. The maximum atomic E-state index is 9.17. The number of nitrogens with zero attached hydrogens (tertiary/aromatic N) is 1. The predicted octanol–water partition coefficient (Wildman–Crippen LogP) is 1.67. The third kappa shape index (κ3) is 1.43. The zero-order chi connectivity index (χ0) is 7.56. The fraction of sp³-hybridized carbons (Fsp3) is 0.286. The Balaban J connectivity index is 2.84. The van der Waals surface area contributed by atoms with Crippen LogP contribution < -0.4 is 0 Å². The van der Waals surface area contributed by atoms with Crippen LogP contribution in [0.5, 0.6) is 0 Å². The van der Waals surface area contributed by atoms with E-state index in [1.807, 2.05) is 12.3 Å². The quantitative estimate of drug-likeness (QED) is 0.659. The van der Waals surface area contributed by atoms with E-state index < -0.39 is 6.10 Å². The Morgan fingerprint density at radius 2 is 2.60 bits per heavy atom. The molecule has 1 aromatic rings. The monoisotopic (exact) mass is 155 g/mol. The molecule has 1 unspecified atom stereocenters. The molecule has 0 aliphatic carbocycles. The van der Waals surface area contributed by atoms with Gasteiger partial charge in [0, 0.05) is 11.1 Å². The molecule has 1 heterocycles. The molecular formula is C7H9NOS. The van der Waals surface area contributed by atoms with Gasteiger partial charge < -0.3 is 5.11 Å². The smallest absolute Gasteiger partial charge is 0.125 e. The number of thiazole rings is 1. The minimum atomic E-state index is -0.598. The molecule has 0 bridgehead atoms. The van der Waals surface area contributed by atoms with Gasteiger partial charge in [-0.3, -0.25) is 0 Å². The summed E-state index contributed by atoms with van der Waals surface area (Å²) in [5, 5.41) is 11.8. The maximum Gasteiger partial charge on any atom is 0.125 e. The first-order valence-electron chi connectivity index (χ1n) is 2.96. The van der Waals surface area contributed by atoms with Gasteiger partial charge in [-0.15, -0.1) is 17.9 Å². The van der Waals surface area contributed by atoms with Gasteiger partial charge in [0.2, 0.25) is 0 Å². The molecule has 3 heteroatoms. The van der Waals surface area contributed by atoms with Gasteiger partial charge in [-0.25, -0.2) is 4.98 Å². The second-order valence-corrected chi connectivity index (χ2v) is 2.90. The summed E-state index contributed by atoms with van der Waals surface area (Å²) in [6, 6.07) is 0. The Morgan fingerprint density at radius 1 is 1.90 bits per heavy atom. The standard InChI is InChI=1S/C7H9NOS/c1-3-6(9)7-8-5(2)4-10-7/h3-4,6,9H,1H2,2H3. The van der Waals surface area contributed by atoms with Crippen LogP contribution >= 0.6 is 11.3 Å². The summed E-state index contributed by atoms with van der Waals surface area (Å²) in [4.78, 5) is 4.08. The fourth-order valence-electron chi connectivity index (χ4n) is 0.609. The van der Waals surface area contributed by atoms with Crippen molar-refractivity contribution in [1.82, 2.24) is 4.98 Å². The van der Waals surface area contributed by atoms with Gasteiger partial charge in [-0.1, -0.05) is 6.08 Å².